The molecule has 0 spiro atoms. The number of rotatable bonds is 9. The van der Waals surface area contributed by atoms with E-state index in [4.69, 9.17) is 0 Å². The van der Waals surface area contributed by atoms with E-state index >= 15 is 0 Å². The predicted molar refractivity (Wildman–Crippen MR) is 74.6 cm³/mol. The summed E-state index contributed by atoms with van der Waals surface area (Å²) in [6.07, 6.45) is -12.4. The Kier molecular flexibility index (Phi) is 7.60. The van der Waals surface area contributed by atoms with Crippen LogP contribution in [0.2, 0.25) is 0 Å². The Bertz CT molecular complexity index is 579. The number of ether oxygens (including phenoxy) is 1. The quantitative estimate of drug-likeness (QED) is 0.250. The zero-order valence-electron chi connectivity index (χ0n) is 14.8. The average molecular weight is 438 g/mol. The van der Waals surface area contributed by atoms with Crippen molar-refractivity contribution in [3.05, 3.63) is 12.2 Å². The fourth-order valence-corrected chi connectivity index (χ4v) is 1.97. The zero-order chi connectivity index (χ0) is 22.9. The molecule has 13 heteroatoms. The fourth-order valence-electron chi connectivity index (χ4n) is 1.97. The third-order valence-corrected chi connectivity index (χ3v) is 3.44. The highest BCUT2D eigenvalue weighted by Crippen LogP contribution is 2.58. The highest BCUT2D eigenvalue weighted by Gasteiger charge is 2.87. The van der Waals surface area contributed by atoms with Crippen LogP contribution in [-0.2, 0) is 9.53 Å². The van der Waals surface area contributed by atoms with E-state index in [0.29, 0.717) is 0 Å². The zero-order valence-corrected chi connectivity index (χ0v) is 14.8. The van der Waals surface area contributed by atoms with Gasteiger partial charge in [0.05, 0.1) is 6.42 Å². The maximum Gasteiger partial charge on any atom is 0.460 e. The Morgan fingerprint density at radius 1 is 0.857 bits per heavy atom. The molecule has 1 atom stereocenters. The van der Waals surface area contributed by atoms with Crippen molar-refractivity contribution in [2.45, 2.75) is 69.6 Å². The molecule has 0 fully saturated rings. The molecule has 0 rings (SSSR count). The van der Waals surface area contributed by atoms with E-state index < -0.39 is 60.7 Å². The second-order valence-corrected chi connectivity index (χ2v) is 6.57. The van der Waals surface area contributed by atoms with Crippen molar-refractivity contribution in [2.24, 2.45) is 5.92 Å². The number of halogens is 11. The lowest BCUT2D eigenvalue weighted by molar-refractivity contribution is -0.423. The van der Waals surface area contributed by atoms with Crippen LogP contribution in [0.1, 0.15) is 33.6 Å². The van der Waals surface area contributed by atoms with Gasteiger partial charge in [-0.05, 0) is 19.3 Å². The Morgan fingerprint density at radius 3 is 1.61 bits per heavy atom. The summed E-state index contributed by atoms with van der Waals surface area (Å²) < 4.78 is 147. The summed E-state index contributed by atoms with van der Waals surface area (Å²) >= 11 is 0. The first kappa shape index (κ1) is 26.4. The van der Waals surface area contributed by atoms with Gasteiger partial charge in [-0.2, -0.15) is 48.3 Å². The first-order valence-electron chi connectivity index (χ1n) is 7.56. The van der Waals surface area contributed by atoms with Crippen molar-refractivity contribution >= 4 is 5.97 Å². The van der Waals surface area contributed by atoms with Gasteiger partial charge in [0.25, 0.3) is 0 Å². The number of hydrogen-bond acceptors (Lipinski definition) is 2. The summed E-state index contributed by atoms with van der Waals surface area (Å²) in [7, 11) is 0. The van der Waals surface area contributed by atoms with Gasteiger partial charge in [0.2, 0.25) is 0 Å². The van der Waals surface area contributed by atoms with E-state index in [1.54, 1.807) is 0 Å². The fraction of sp³-hybridized carbons (Fsp3) is 0.800. The number of carbonyl (C=O) groups is 1. The first-order valence-corrected chi connectivity index (χ1v) is 7.56. The minimum atomic E-state index is -7.48. The van der Waals surface area contributed by atoms with E-state index in [0.717, 1.165) is 6.92 Å². The monoisotopic (exact) mass is 438 g/mol. The third-order valence-electron chi connectivity index (χ3n) is 3.44. The minimum absolute atomic E-state index is 0.377. The Labute approximate surface area is 152 Å². The van der Waals surface area contributed by atoms with Crippen molar-refractivity contribution in [3.8, 4) is 0 Å². The Balaban J connectivity index is 5.95. The van der Waals surface area contributed by atoms with Crippen LogP contribution < -0.4 is 0 Å². The summed E-state index contributed by atoms with van der Waals surface area (Å²) in [6.45, 7) is 6.79. The first-order chi connectivity index (χ1) is 12.1. The van der Waals surface area contributed by atoms with Gasteiger partial charge in [-0.25, -0.2) is 4.79 Å². The van der Waals surface area contributed by atoms with Gasteiger partial charge >= 0.3 is 35.8 Å². The van der Waals surface area contributed by atoms with Crippen LogP contribution in [0.3, 0.4) is 0 Å². The molecular formula is C15H17F11O2. The molecule has 1 unspecified atom stereocenters. The van der Waals surface area contributed by atoms with Gasteiger partial charge in [0.1, 0.15) is 6.10 Å². The lowest BCUT2D eigenvalue weighted by Crippen LogP contribution is -2.66. The summed E-state index contributed by atoms with van der Waals surface area (Å²) in [6, 6.07) is 0. The minimum Gasteiger partial charge on any atom is -0.459 e. The molecular weight excluding hydrogens is 421 g/mol. The lowest BCUT2D eigenvalue weighted by Gasteiger charge is -2.38. The molecule has 28 heavy (non-hydrogen) atoms. The largest absolute Gasteiger partial charge is 0.460 e. The molecule has 0 radical (unpaired) electrons. The van der Waals surface area contributed by atoms with Crippen LogP contribution in [0.15, 0.2) is 12.2 Å². The molecule has 0 saturated carbocycles. The van der Waals surface area contributed by atoms with Gasteiger partial charge in [-0.15, -0.1) is 0 Å². The van der Waals surface area contributed by atoms with Gasteiger partial charge in [-0.3, -0.25) is 0 Å². The standard InChI is InChI=1S/C15H17F11O2/c1-7(2)5-9(28-10(27)8(3)4)6-11(16,17)12(18,19)13(20,21)14(22,23)15(24,25)26/h7,9H,3,5-6H2,1-2,4H3. The van der Waals surface area contributed by atoms with Gasteiger partial charge < -0.3 is 4.74 Å². The molecule has 0 bridgehead atoms. The number of hydrogen-bond donors (Lipinski definition) is 0. The maximum absolute atomic E-state index is 13.8. The van der Waals surface area contributed by atoms with Gasteiger partial charge in [-0.1, -0.05) is 20.4 Å². The van der Waals surface area contributed by atoms with Crippen LogP contribution >= 0.6 is 0 Å². The molecule has 166 valence electrons. The SMILES string of the molecule is C=C(C)C(=O)OC(CC(C)C)CC(F)(F)C(F)(F)C(F)(F)C(F)(F)C(F)(F)F. The summed E-state index contributed by atoms with van der Waals surface area (Å²) in [4.78, 5) is 11.4. The van der Waals surface area contributed by atoms with Crippen LogP contribution in [0.5, 0.6) is 0 Å². The molecule has 2 nitrogen and oxygen atoms in total. The smallest absolute Gasteiger partial charge is 0.459 e. The summed E-state index contributed by atoms with van der Waals surface area (Å²) in [5, 5.41) is 0. The molecule has 0 amide bonds. The van der Waals surface area contributed by atoms with E-state index in [9.17, 15) is 53.1 Å². The molecule has 0 aliphatic rings. The third kappa shape index (κ3) is 5.07. The average Bonchev–Trinajstić information content (AvgIpc) is 2.43. The van der Waals surface area contributed by atoms with Crippen LogP contribution in [0.25, 0.3) is 0 Å². The van der Waals surface area contributed by atoms with Crippen molar-refractivity contribution < 1.29 is 57.8 Å². The van der Waals surface area contributed by atoms with Crippen molar-refractivity contribution in [2.75, 3.05) is 0 Å². The number of carbonyl (C=O) groups excluding carboxylic acids is 1. The number of alkyl halides is 11. The van der Waals surface area contributed by atoms with Crippen LogP contribution in [0.4, 0.5) is 48.3 Å². The van der Waals surface area contributed by atoms with Gasteiger partial charge in [0.15, 0.2) is 0 Å². The molecule has 0 heterocycles. The van der Waals surface area contributed by atoms with Gasteiger partial charge in [0, 0.05) is 5.57 Å². The topological polar surface area (TPSA) is 26.3 Å². The summed E-state index contributed by atoms with van der Waals surface area (Å²) in [5.74, 6) is -30.1. The predicted octanol–water partition coefficient (Wildman–Crippen LogP) is 6.01. The second kappa shape index (κ2) is 8.05. The lowest BCUT2D eigenvalue weighted by atomic mass is 9.92. The van der Waals surface area contributed by atoms with Crippen molar-refractivity contribution in [3.63, 3.8) is 0 Å². The van der Waals surface area contributed by atoms with E-state index in [-0.39, 0.29) is 5.57 Å². The molecule has 0 N–H and O–H groups in total. The Morgan fingerprint density at radius 2 is 1.29 bits per heavy atom. The van der Waals surface area contributed by atoms with Crippen molar-refractivity contribution in [1.29, 1.82) is 0 Å². The molecule has 0 aromatic heterocycles. The second-order valence-electron chi connectivity index (χ2n) is 6.57. The summed E-state index contributed by atoms with van der Waals surface area (Å²) in [5.41, 5.74) is -0.377. The highest BCUT2D eigenvalue weighted by atomic mass is 19.4. The van der Waals surface area contributed by atoms with Crippen molar-refractivity contribution in [1.82, 2.24) is 0 Å². The molecule has 0 aromatic carbocycles. The van der Waals surface area contributed by atoms with Crippen LogP contribution in [0, 0.1) is 5.92 Å². The molecule has 0 saturated heterocycles. The molecule has 0 aliphatic heterocycles. The Hall–Kier alpha value is -1.56. The number of esters is 1. The van der Waals surface area contributed by atoms with E-state index in [2.05, 4.69) is 11.3 Å². The van der Waals surface area contributed by atoms with E-state index in [1.807, 2.05) is 0 Å². The van der Waals surface area contributed by atoms with E-state index in [1.165, 1.54) is 13.8 Å². The maximum atomic E-state index is 13.8. The van der Waals surface area contributed by atoms with Crippen LogP contribution in [-0.4, -0.2) is 41.9 Å². The highest BCUT2D eigenvalue weighted by molar-refractivity contribution is 5.87. The molecule has 0 aliphatic carbocycles. The molecule has 0 aromatic rings. The normalized spacial score (nSPS) is 15.5.